The van der Waals surface area contributed by atoms with Crippen LogP contribution >= 0.6 is 0 Å². The second kappa shape index (κ2) is 3.87. The third-order valence-electron chi connectivity index (χ3n) is 3.58. The zero-order valence-electron chi connectivity index (χ0n) is 9.40. The van der Waals surface area contributed by atoms with E-state index < -0.39 is 0 Å². The Morgan fingerprint density at radius 3 is 2.35 bits per heavy atom. The number of hydrogen-bond donors (Lipinski definition) is 2. The highest BCUT2D eigenvalue weighted by Crippen LogP contribution is 2.29. The van der Waals surface area contributed by atoms with Gasteiger partial charge in [-0.05, 0) is 29.9 Å². The molecule has 1 aromatic carbocycles. The smallest absolute Gasteiger partial charge is 0.243 e. The van der Waals surface area contributed by atoms with E-state index in [1.807, 2.05) is 12.1 Å². The second-order valence-electron chi connectivity index (χ2n) is 4.70. The van der Waals surface area contributed by atoms with Crippen molar-refractivity contribution in [1.29, 1.82) is 0 Å². The molecule has 2 aliphatic rings. The Morgan fingerprint density at radius 2 is 1.71 bits per heavy atom. The number of carbonyl (C=O) groups is 2. The van der Waals surface area contributed by atoms with Crippen molar-refractivity contribution in [1.82, 2.24) is 10.6 Å². The number of rotatable bonds is 1. The fraction of sp³-hybridized carbons (Fsp3) is 0.385. The Hall–Kier alpha value is -1.84. The molecule has 0 aromatic heterocycles. The number of piperazine rings is 1. The SMILES string of the molecule is O=C1CNC(=O)[C@@H](C2Cc3ccccc3C2)N1. The Labute approximate surface area is 99.4 Å². The summed E-state index contributed by atoms with van der Waals surface area (Å²) in [6, 6.07) is 7.85. The van der Waals surface area contributed by atoms with Crippen LogP contribution in [0.25, 0.3) is 0 Å². The first-order valence-corrected chi connectivity index (χ1v) is 5.88. The Morgan fingerprint density at radius 1 is 1.06 bits per heavy atom. The van der Waals surface area contributed by atoms with Crippen LogP contribution in [0.15, 0.2) is 24.3 Å². The lowest BCUT2D eigenvalue weighted by atomic mass is 9.94. The summed E-state index contributed by atoms with van der Waals surface area (Å²) in [5.41, 5.74) is 2.59. The van der Waals surface area contributed by atoms with Gasteiger partial charge in [0.2, 0.25) is 11.8 Å². The van der Waals surface area contributed by atoms with Crippen LogP contribution in [0.5, 0.6) is 0 Å². The maximum absolute atomic E-state index is 11.8. The fourth-order valence-corrected chi connectivity index (χ4v) is 2.73. The van der Waals surface area contributed by atoms with E-state index in [0.717, 1.165) is 12.8 Å². The molecular formula is C13H14N2O2. The zero-order valence-corrected chi connectivity index (χ0v) is 9.40. The number of fused-ring (bicyclic) bond motifs is 1. The summed E-state index contributed by atoms with van der Waals surface area (Å²) in [5.74, 6) is 0.0459. The van der Waals surface area contributed by atoms with Crippen LogP contribution in [-0.4, -0.2) is 24.4 Å². The molecule has 0 spiro atoms. The van der Waals surface area contributed by atoms with Gasteiger partial charge in [0.1, 0.15) is 6.04 Å². The van der Waals surface area contributed by atoms with Gasteiger partial charge >= 0.3 is 0 Å². The zero-order chi connectivity index (χ0) is 11.8. The van der Waals surface area contributed by atoms with Crippen LogP contribution in [0.2, 0.25) is 0 Å². The summed E-state index contributed by atoms with van der Waals surface area (Å²) in [6.45, 7) is 0.106. The maximum atomic E-state index is 11.8. The van der Waals surface area contributed by atoms with Crippen molar-refractivity contribution >= 4 is 11.8 Å². The summed E-state index contributed by atoms with van der Waals surface area (Å²) in [5, 5.41) is 5.43. The summed E-state index contributed by atoms with van der Waals surface area (Å²) >= 11 is 0. The Balaban J connectivity index is 1.79. The lowest BCUT2D eigenvalue weighted by Gasteiger charge is -2.27. The molecule has 1 fully saturated rings. The minimum absolute atomic E-state index is 0.0533. The van der Waals surface area contributed by atoms with Crippen LogP contribution in [0.3, 0.4) is 0 Å². The van der Waals surface area contributed by atoms with Crippen molar-refractivity contribution in [3.05, 3.63) is 35.4 Å². The molecule has 4 heteroatoms. The molecule has 1 aromatic rings. The number of hydrogen-bond acceptors (Lipinski definition) is 2. The molecule has 2 amide bonds. The number of amides is 2. The van der Waals surface area contributed by atoms with E-state index in [1.165, 1.54) is 11.1 Å². The van der Waals surface area contributed by atoms with Crippen LogP contribution in [0.1, 0.15) is 11.1 Å². The van der Waals surface area contributed by atoms with Crippen molar-refractivity contribution in [2.45, 2.75) is 18.9 Å². The average molecular weight is 230 g/mol. The van der Waals surface area contributed by atoms with Crippen molar-refractivity contribution in [2.75, 3.05) is 6.54 Å². The molecule has 17 heavy (non-hydrogen) atoms. The summed E-state index contributed by atoms with van der Waals surface area (Å²) in [6.07, 6.45) is 1.74. The highest BCUT2D eigenvalue weighted by atomic mass is 16.2. The monoisotopic (exact) mass is 230 g/mol. The predicted molar refractivity (Wildman–Crippen MR) is 62.3 cm³/mol. The van der Waals surface area contributed by atoms with E-state index in [2.05, 4.69) is 22.8 Å². The van der Waals surface area contributed by atoms with Crippen molar-refractivity contribution in [3.63, 3.8) is 0 Å². The first-order valence-electron chi connectivity index (χ1n) is 5.88. The normalized spacial score (nSPS) is 24.1. The van der Waals surface area contributed by atoms with Gasteiger partial charge in [0.25, 0.3) is 0 Å². The van der Waals surface area contributed by atoms with Gasteiger partial charge < -0.3 is 10.6 Å². The predicted octanol–water partition coefficient (Wildman–Crippen LogP) is 0.0160. The van der Waals surface area contributed by atoms with Gasteiger partial charge in [-0.1, -0.05) is 24.3 Å². The molecule has 0 unspecified atom stereocenters. The van der Waals surface area contributed by atoms with Crippen molar-refractivity contribution < 1.29 is 9.59 Å². The summed E-state index contributed by atoms with van der Waals surface area (Å²) in [7, 11) is 0. The lowest BCUT2D eigenvalue weighted by Crippen LogP contribution is -2.59. The molecule has 88 valence electrons. The molecule has 1 atom stereocenters. The molecule has 2 N–H and O–H groups in total. The highest BCUT2D eigenvalue weighted by molar-refractivity contribution is 5.95. The van der Waals surface area contributed by atoms with E-state index in [0.29, 0.717) is 0 Å². The van der Waals surface area contributed by atoms with Crippen molar-refractivity contribution in [3.8, 4) is 0 Å². The molecule has 3 rings (SSSR count). The van der Waals surface area contributed by atoms with Gasteiger partial charge in [0.05, 0.1) is 6.54 Å². The van der Waals surface area contributed by atoms with Crippen molar-refractivity contribution in [2.24, 2.45) is 5.92 Å². The first-order chi connectivity index (χ1) is 8.24. The van der Waals surface area contributed by atoms with Crippen LogP contribution in [-0.2, 0) is 22.4 Å². The quantitative estimate of drug-likeness (QED) is 0.714. The van der Waals surface area contributed by atoms with Gasteiger partial charge in [0.15, 0.2) is 0 Å². The van der Waals surface area contributed by atoms with E-state index >= 15 is 0 Å². The average Bonchev–Trinajstić information content (AvgIpc) is 2.75. The van der Waals surface area contributed by atoms with Crippen LogP contribution in [0.4, 0.5) is 0 Å². The minimum atomic E-state index is -0.372. The molecule has 4 nitrogen and oxygen atoms in total. The molecule has 1 saturated heterocycles. The summed E-state index contributed by atoms with van der Waals surface area (Å²) in [4.78, 5) is 23.1. The molecule has 0 radical (unpaired) electrons. The third-order valence-corrected chi connectivity index (χ3v) is 3.58. The molecule has 0 saturated carbocycles. The number of nitrogens with one attached hydrogen (secondary N) is 2. The van der Waals surface area contributed by atoms with E-state index in [1.54, 1.807) is 0 Å². The van der Waals surface area contributed by atoms with Crippen LogP contribution < -0.4 is 10.6 Å². The van der Waals surface area contributed by atoms with Gasteiger partial charge in [-0.25, -0.2) is 0 Å². The van der Waals surface area contributed by atoms with E-state index in [-0.39, 0.29) is 30.3 Å². The standard InChI is InChI=1S/C13H14N2O2/c16-11-7-14-13(17)12(15-11)10-5-8-3-1-2-4-9(8)6-10/h1-4,10,12H,5-7H2,(H,14,17)(H,15,16)/t12-/m1/s1. The number of carbonyl (C=O) groups excluding carboxylic acids is 2. The first kappa shape index (κ1) is 10.3. The van der Waals surface area contributed by atoms with E-state index in [9.17, 15) is 9.59 Å². The van der Waals surface area contributed by atoms with Gasteiger partial charge in [0, 0.05) is 0 Å². The van der Waals surface area contributed by atoms with Gasteiger partial charge in [-0.2, -0.15) is 0 Å². The highest BCUT2D eigenvalue weighted by Gasteiger charge is 2.36. The van der Waals surface area contributed by atoms with E-state index in [4.69, 9.17) is 0 Å². The fourth-order valence-electron chi connectivity index (χ4n) is 2.73. The number of benzene rings is 1. The largest absolute Gasteiger partial charge is 0.345 e. The molecule has 1 aliphatic heterocycles. The molecule has 0 bridgehead atoms. The topological polar surface area (TPSA) is 58.2 Å². The third kappa shape index (κ3) is 1.79. The second-order valence-corrected chi connectivity index (χ2v) is 4.70. The van der Waals surface area contributed by atoms with Gasteiger partial charge in [-0.3, -0.25) is 9.59 Å². The molecule has 1 aliphatic carbocycles. The summed E-state index contributed by atoms with van der Waals surface area (Å²) < 4.78 is 0. The molecular weight excluding hydrogens is 216 g/mol. The Kier molecular flexibility index (Phi) is 2.35. The Bertz CT molecular complexity index is 459. The van der Waals surface area contributed by atoms with Crippen LogP contribution in [0, 0.1) is 5.92 Å². The maximum Gasteiger partial charge on any atom is 0.243 e. The van der Waals surface area contributed by atoms with Gasteiger partial charge in [-0.15, -0.1) is 0 Å². The molecule has 1 heterocycles. The lowest BCUT2D eigenvalue weighted by molar-refractivity contribution is -0.135. The minimum Gasteiger partial charge on any atom is -0.345 e.